The summed E-state index contributed by atoms with van der Waals surface area (Å²) in [5.41, 5.74) is 0. The lowest BCUT2D eigenvalue weighted by atomic mass is 10.0. The Kier molecular flexibility index (Phi) is 9.97. The number of carbonyl (C=O) groups is 3. The van der Waals surface area contributed by atoms with Gasteiger partial charge in [0.2, 0.25) is 0 Å². The van der Waals surface area contributed by atoms with Crippen LogP contribution in [0.4, 0.5) is 0 Å². The van der Waals surface area contributed by atoms with Crippen molar-refractivity contribution in [3.05, 3.63) is 0 Å². The zero-order valence-electron chi connectivity index (χ0n) is 15.8. The fourth-order valence-corrected chi connectivity index (χ4v) is 1.96. The predicted octanol–water partition coefficient (Wildman–Crippen LogP) is 0.0893. The summed E-state index contributed by atoms with van der Waals surface area (Å²) in [4.78, 5) is 33.5. The highest BCUT2D eigenvalue weighted by Gasteiger charge is 2.38. The van der Waals surface area contributed by atoms with Crippen LogP contribution in [0.15, 0.2) is 0 Å². The van der Waals surface area contributed by atoms with Crippen molar-refractivity contribution in [3.63, 3.8) is 0 Å². The van der Waals surface area contributed by atoms with Crippen molar-refractivity contribution in [2.45, 2.75) is 45.2 Å². The highest BCUT2D eigenvalue weighted by Crippen LogP contribution is 2.18. The summed E-state index contributed by atoms with van der Waals surface area (Å²) in [6.07, 6.45) is -5.09. The first-order valence-electron chi connectivity index (χ1n) is 7.66. The molecule has 0 heterocycles. The molecule has 0 aromatic rings. The summed E-state index contributed by atoms with van der Waals surface area (Å²) < 4.78 is 39.0. The second-order valence-electron chi connectivity index (χ2n) is 4.76. The molecule has 0 saturated carbocycles. The molecule has 4 atom stereocenters. The van der Waals surface area contributed by atoms with Crippen molar-refractivity contribution in [3.8, 4) is 0 Å². The van der Waals surface area contributed by atoms with Gasteiger partial charge in [0.25, 0.3) is 0 Å². The molecule has 0 bridgehead atoms. The summed E-state index contributed by atoms with van der Waals surface area (Å²) in [5.74, 6) is -1.82. The lowest BCUT2D eigenvalue weighted by molar-refractivity contribution is -0.188. The lowest BCUT2D eigenvalue weighted by Crippen LogP contribution is -2.52. The molecule has 0 radical (unpaired) electrons. The highest BCUT2D eigenvalue weighted by molar-refractivity contribution is 5.67. The molecule has 0 amide bonds. The summed E-state index contributed by atoms with van der Waals surface area (Å²) in [5, 5.41) is 0. The summed E-state index contributed by atoms with van der Waals surface area (Å²) >= 11 is 0. The third-order valence-corrected chi connectivity index (χ3v) is 2.96. The van der Waals surface area contributed by atoms with E-state index in [0.717, 1.165) is 0 Å². The number of ether oxygens (including phenoxy) is 6. The van der Waals surface area contributed by atoms with Crippen LogP contribution in [0.2, 0.25) is 0 Å². The van der Waals surface area contributed by atoms with Crippen molar-refractivity contribution in [2.75, 3.05) is 34.5 Å². The van der Waals surface area contributed by atoms with E-state index in [0.29, 0.717) is 0 Å². The minimum absolute atomic E-state index is 0.305. The van der Waals surface area contributed by atoms with Crippen molar-refractivity contribution >= 4 is 17.9 Å². The monoisotopic (exact) mass is 351 g/mol. The average Bonchev–Trinajstić information content (AvgIpc) is 2.53. The Labute approximate surface area is 142 Å². The normalized spacial score (nSPS) is 17.7. The molecule has 0 aliphatic carbocycles. The van der Waals surface area contributed by atoms with Gasteiger partial charge in [0.1, 0.15) is 31.5 Å². The molecule has 0 spiro atoms. The van der Waals surface area contributed by atoms with Crippen LogP contribution in [0.5, 0.6) is 0 Å². The van der Waals surface area contributed by atoms with Gasteiger partial charge in [-0.3, -0.25) is 14.4 Å². The van der Waals surface area contributed by atoms with Gasteiger partial charge in [0.05, 0.1) is 1.37 Å². The Bertz CT molecular complexity index is 456. The van der Waals surface area contributed by atoms with E-state index < -0.39 is 48.9 Å². The van der Waals surface area contributed by atoms with Crippen LogP contribution in [-0.4, -0.2) is 76.8 Å². The van der Waals surface area contributed by atoms with E-state index in [1.807, 2.05) is 0 Å². The number of rotatable bonds is 11. The van der Waals surface area contributed by atoms with Crippen molar-refractivity contribution in [1.82, 2.24) is 0 Å². The molecule has 9 heteroatoms. The number of hydrogen-bond donors (Lipinski definition) is 0. The van der Waals surface area contributed by atoms with Crippen molar-refractivity contribution < 1.29 is 44.2 Å². The predicted molar refractivity (Wildman–Crippen MR) is 81.2 cm³/mol. The van der Waals surface area contributed by atoms with Crippen molar-refractivity contribution in [2.24, 2.45) is 0 Å². The Hall–Kier alpha value is -1.71. The van der Waals surface area contributed by atoms with E-state index in [2.05, 4.69) is 0 Å². The van der Waals surface area contributed by atoms with Gasteiger partial charge in [-0.05, 0) is 0 Å². The van der Waals surface area contributed by atoms with E-state index >= 15 is 0 Å². The van der Waals surface area contributed by atoms with Crippen LogP contribution >= 0.6 is 0 Å². The molecule has 0 rings (SSSR count). The molecule has 0 saturated heterocycles. The molecular weight excluding hydrogens is 324 g/mol. The maximum absolute atomic E-state index is 11.4. The topological polar surface area (TPSA) is 107 Å². The summed E-state index contributed by atoms with van der Waals surface area (Å²) in [7, 11) is 3.84. The standard InChI is InChI=1S/C15H26O9/c1-9(16)22-7-12(19-4)14(20-5)15(21-6)13(24-11(3)18)8-23-10(2)17/h12-15H,7-8H2,1-6H3/t12-,13+,14+,15+/m0/s1/i12D. The molecule has 0 N–H and O–H groups in total. The Balaban J connectivity index is 5.54. The fourth-order valence-electron chi connectivity index (χ4n) is 1.96. The number of carbonyl (C=O) groups excluding carboxylic acids is 3. The SMILES string of the molecule is [2H][C@@](COC(C)=O)(OC)[C@@H](OC)[C@H](OC)[C@@H](COC(C)=O)OC(C)=O. The van der Waals surface area contributed by atoms with Crippen LogP contribution in [0.3, 0.4) is 0 Å². The van der Waals surface area contributed by atoms with E-state index in [9.17, 15) is 14.4 Å². The third kappa shape index (κ3) is 8.23. The van der Waals surface area contributed by atoms with E-state index in [4.69, 9.17) is 29.8 Å². The minimum atomic E-state index is -1.85. The van der Waals surface area contributed by atoms with Gasteiger partial charge in [-0.15, -0.1) is 0 Å². The molecule has 9 nitrogen and oxygen atoms in total. The van der Waals surface area contributed by atoms with E-state index in [-0.39, 0.29) is 6.61 Å². The largest absolute Gasteiger partial charge is 0.463 e. The van der Waals surface area contributed by atoms with Gasteiger partial charge >= 0.3 is 17.9 Å². The maximum atomic E-state index is 11.4. The van der Waals surface area contributed by atoms with Crippen LogP contribution in [-0.2, 0) is 42.8 Å². The Morgan fingerprint density at radius 3 is 1.67 bits per heavy atom. The molecular formula is C15H26O9. The van der Waals surface area contributed by atoms with Gasteiger partial charge in [-0.2, -0.15) is 0 Å². The van der Waals surface area contributed by atoms with Crippen molar-refractivity contribution in [1.29, 1.82) is 0 Å². The van der Waals surface area contributed by atoms with Gasteiger partial charge in [-0.1, -0.05) is 0 Å². The molecule has 0 aliphatic heterocycles. The first-order valence-corrected chi connectivity index (χ1v) is 7.16. The number of methoxy groups -OCH3 is 3. The van der Waals surface area contributed by atoms with Gasteiger partial charge < -0.3 is 28.4 Å². The van der Waals surface area contributed by atoms with E-state index in [1.54, 1.807) is 0 Å². The van der Waals surface area contributed by atoms with Gasteiger partial charge in [-0.25, -0.2) is 0 Å². The molecule has 0 aromatic heterocycles. The van der Waals surface area contributed by atoms with Crippen LogP contribution in [0.25, 0.3) is 0 Å². The third-order valence-electron chi connectivity index (χ3n) is 2.96. The van der Waals surface area contributed by atoms with E-state index in [1.165, 1.54) is 42.1 Å². The zero-order valence-corrected chi connectivity index (χ0v) is 14.8. The maximum Gasteiger partial charge on any atom is 0.303 e. The second-order valence-corrected chi connectivity index (χ2v) is 4.76. The molecule has 0 aromatic carbocycles. The van der Waals surface area contributed by atoms with Crippen LogP contribution in [0, 0.1) is 0 Å². The average molecular weight is 351 g/mol. The number of hydrogen-bond acceptors (Lipinski definition) is 9. The lowest BCUT2D eigenvalue weighted by Gasteiger charge is -2.34. The fraction of sp³-hybridized carbons (Fsp3) is 0.800. The quantitative estimate of drug-likeness (QED) is 0.378. The number of esters is 3. The highest BCUT2D eigenvalue weighted by atomic mass is 16.6. The smallest absolute Gasteiger partial charge is 0.303 e. The minimum Gasteiger partial charge on any atom is -0.463 e. The first kappa shape index (κ1) is 20.3. The summed E-state index contributed by atoms with van der Waals surface area (Å²) in [6, 6.07) is 0. The molecule has 0 aliphatic rings. The first-order chi connectivity index (χ1) is 11.6. The van der Waals surface area contributed by atoms with Crippen LogP contribution in [0.1, 0.15) is 22.1 Å². The Morgan fingerprint density at radius 1 is 0.792 bits per heavy atom. The Morgan fingerprint density at radius 2 is 1.29 bits per heavy atom. The zero-order chi connectivity index (χ0) is 19.6. The molecule has 140 valence electrons. The molecule has 24 heavy (non-hydrogen) atoms. The van der Waals surface area contributed by atoms with Crippen LogP contribution < -0.4 is 0 Å². The molecule has 0 unspecified atom stereocenters. The molecule has 0 fully saturated rings. The van der Waals surface area contributed by atoms with Gasteiger partial charge in [0.15, 0.2) is 6.10 Å². The van der Waals surface area contributed by atoms with Gasteiger partial charge in [0, 0.05) is 42.1 Å². The summed E-state index contributed by atoms with van der Waals surface area (Å²) in [6.45, 7) is 2.82. The second kappa shape index (κ2) is 11.8.